The Hall–Kier alpha value is -2.84. The summed E-state index contributed by atoms with van der Waals surface area (Å²) in [4.78, 5) is 24.7. The number of anilines is 1. The van der Waals surface area contributed by atoms with Gasteiger partial charge in [-0.1, -0.05) is 42.4 Å². The summed E-state index contributed by atoms with van der Waals surface area (Å²) in [7, 11) is 0. The third-order valence-electron chi connectivity index (χ3n) is 4.31. The van der Waals surface area contributed by atoms with Crippen LogP contribution in [0.25, 0.3) is 0 Å². The Morgan fingerprint density at radius 2 is 1.94 bits per heavy atom. The summed E-state index contributed by atoms with van der Waals surface area (Å²) in [5, 5.41) is 14.1. The van der Waals surface area contributed by atoms with E-state index in [1.54, 1.807) is 43.3 Å². The van der Waals surface area contributed by atoms with Crippen molar-refractivity contribution in [1.29, 1.82) is 0 Å². The lowest BCUT2D eigenvalue weighted by molar-refractivity contribution is -0.123. The van der Waals surface area contributed by atoms with Gasteiger partial charge in [0.05, 0.1) is 12.3 Å². The average molecular weight is 459 g/mol. The third-order valence-corrected chi connectivity index (χ3v) is 5.64. The van der Waals surface area contributed by atoms with Crippen molar-refractivity contribution in [2.24, 2.45) is 10.2 Å². The van der Waals surface area contributed by atoms with Crippen LogP contribution in [0.1, 0.15) is 32.3 Å². The van der Waals surface area contributed by atoms with Crippen LogP contribution in [-0.4, -0.2) is 34.6 Å². The maximum absolute atomic E-state index is 12.7. The predicted octanol–water partition coefficient (Wildman–Crippen LogP) is 4.47. The Morgan fingerprint density at radius 3 is 2.61 bits per heavy atom. The molecule has 2 amide bonds. The van der Waals surface area contributed by atoms with E-state index in [9.17, 15) is 9.59 Å². The van der Waals surface area contributed by atoms with Crippen LogP contribution in [0.2, 0.25) is 5.02 Å². The molecule has 1 aliphatic heterocycles. The van der Waals surface area contributed by atoms with Crippen LogP contribution in [-0.2, 0) is 9.59 Å². The lowest BCUT2D eigenvalue weighted by atomic mass is 10.1. The van der Waals surface area contributed by atoms with Crippen molar-refractivity contribution in [3.8, 4) is 5.75 Å². The highest BCUT2D eigenvalue weighted by Crippen LogP contribution is 2.23. The molecule has 3 rings (SSSR count). The van der Waals surface area contributed by atoms with E-state index in [4.69, 9.17) is 16.3 Å². The van der Waals surface area contributed by atoms with Gasteiger partial charge in [-0.3, -0.25) is 9.59 Å². The zero-order chi connectivity index (χ0) is 22.2. The van der Waals surface area contributed by atoms with Crippen molar-refractivity contribution in [2.75, 3.05) is 11.9 Å². The van der Waals surface area contributed by atoms with Crippen LogP contribution in [0.4, 0.5) is 5.69 Å². The van der Waals surface area contributed by atoms with Crippen molar-refractivity contribution >= 4 is 51.7 Å². The molecule has 2 aromatic carbocycles. The maximum Gasteiger partial charge on any atom is 0.238 e. The van der Waals surface area contributed by atoms with Gasteiger partial charge >= 0.3 is 0 Å². The standard InChI is InChI=1S/C22H23ClN4O3S/c1-3-12-30-18-10-8-17(9-11-18)24-21(29)19-13-20(28)25-22(31-19)27-26-14(2)15-4-6-16(23)7-5-15/h4-11,19H,3,12-13H2,1-2H3,(H,24,29)(H,25,27,28)/b26-14+. The van der Waals surface area contributed by atoms with E-state index in [2.05, 4.69) is 20.8 Å². The molecule has 2 aromatic rings. The quantitative estimate of drug-likeness (QED) is 0.473. The molecule has 0 aliphatic carbocycles. The number of carbonyl (C=O) groups excluding carboxylic acids is 2. The van der Waals surface area contributed by atoms with Gasteiger partial charge < -0.3 is 15.4 Å². The molecule has 1 saturated heterocycles. The fourth-order valence-electron chi connectivity index (χ4n) is 2.69. The lowest BCUT2D eigenvalue weighted by Crippen LogP contribution is -2.41. The number of thioether (sulfide) groups is 1. The van der Waals surface area contributed by atoms with Gasteiger partial charge in [0, 0.05) is 17.1 Å². The summed E-state index contributed by atoms with van der Waals surface area (Å²) in [6, 6.07) is 14.3. The average Bonchev–Trinajstić information content (AvgIpc) is 2.77. The van der Waals surface area contributed by atoms with Crippen molar-refractivity contribution in [1.82, 2.24) is 5.32 Å². The fraction of sp³-hybridized carbons (Fsp3) is 0.273. The first-order valence-corrected chi connectivity index (χ1v) is 11.1. The van der Waals surface area contributed by atoms with Crippen LogP contribution in [0, 0.1) is 0 Å². The zero-order valence-electron chi connectivity index (χ0n) is 17.2. The van der Waals surface area contributed by atoms with E-state index in [0.29, 0.717) is 23.0 Å². The number of nitrogens with zero attached hydrogens (tertiary/aromatic N) is 2. The molecule has 0 radical (unpaired) electrons. The molecular formula is C22H23ClN4O3S. The molecule has 7 nitrogen and oxygen atoms in total. The molecule has 0 spiro atoms. The van der Waals surface area contributed by atoms with Gasteiger partial charge in [-0.05, 0) is 55.3 Å². The summed E-state index contributed by atoms with van der Waals surface area (Å²) in [5.41, 5.74) is 2.16. The van der Waals surface area contributed by atoms with Crippen LogP contribution < -0.4 is 15.4 Å². The molecule has 1 aliphatic rings. The summed E-state index contributed by atoms with van der Waals surface area (Å²) in [6.07, 6.45) is 0.986. The Bertz CT molecular complexity index is 991. The second kappa shape index (κ2) is 11.0. The summed E-state index contributed by atoms with van der Waals surface area (Å²) in [5.74, 6) is 0.197. The molecule has 1 fully saturated rings. The minimum atomic E-state index is -0.602. The number of benzene rings is 2. The van der Waals surface area contributed by atoms with E-state index in [-0.39, 0.29) is 23.4 Å². The maximum atomic E-state index is 12.7. The second-order valence-corrected chi connectivity index (χ2v) is 8.45. The third kappa shape index (κ3) is 6.83. The van der Waals surface area contributed by atoms with Crippen LogP contribution >= 0.6 is 23.4 Å². The van der Waals surface area contributed by atoms with E-state index in [1.807, 2.05) is 19.1 Å². The first-order chi connectivity index (χ1) is 14.9. The largest absolute Gasteiger partial charge is 0.494 e. The highest BCUT2D eigenvalue weighted by Gasteiger charge is 2.30. The number of carbonyl (C=O) groups is 2. The molecule has 0 saturated carbocycles. The number of hydrogen-bond donors (Lipinski definition) is 2. The number of hydrogen-bond acceptors (Lipinski definition) is 6. The van der Waals surface area contributed by atoms with Crippen LogP contribution in [0.15, 0.2) is 58.7 Å². The molecule has 1 unspecified atom stereocenters. The minimum Gasteiger partial charge on any atom is -0.494 e. The number of ether oxygens (including phenoxy) is 1. The highest BCUT2D eigenvalue weighted by molar-refractivity contribution is 8.15. The normalized spacial score (nSPS) is 17.9. The number of halogens is 1. The van der Waals surface area contributed by atoms with Crippen molar-refractivity contribution in [3.05, 3.63) is 59.1 Å². The lowest BCUT2D eigenvalue weighted by Gasteiger charge is -2.21. The summed E-state index contributed by atoms with van der Waals surface area (Å²) >= 11 is 7.07. The molecule has 1 atom stereocenters. The van der Waals surface area contributed by atoms with Crippen LogP contribution in [0.5, 0.6) is 5.75 Å². The number of amidine groups is 1. The van der Waals surface area contributed by atoms with Gasteiger partial charge in [-0.25, -0.2) is 0 Å². The van der Waals surface area contributed by atoms with E-state index in [1.165, 1.54) is 11.8 Å². The van der Waals surface area contributed by atoms with E-state index in [0.717, 1.165) is 17.7 Å². The van der Waals surface area contributed by atoms with Gasteiger partial charge in [0.25, 0.3) is 0 Å². The monoisotopic (exact) mass is 458 g/mol. The number of amides is 2. The van der Waals surface area contributed by atoms with Gasteiger partial charge in [0.15, 0.2) is 5.17 Å². The van der Waals surface area contributed by atoms with E-state index >= 15 is 0 Å². The van der Waals surface area contributed by atoms with Crippen molar-refractivity contribution in [2.45, 2.75) is 31.9 Å². The molecule has 0 bridgehead atoms. The molecule has 1 heterocycles. The molecule has 162 valence electrons. The number of rotatable bonds is 7. The second-order valence-electron chi connectivity index (χ2n) is 6.82. The molecule has 9 heteroatoms. The zero-order valence-corrected chi connectivity index (χ0v) is 18.8. The SMILES string of the molecule is CCCOc1ccc(NC(=O)C2CC(=O)NC(=N/N=C(\C)c3ccc(Cl)cc3)S2)cc1. The van der Waals surface area contributed by atoms with Crippen molar-refractivity contribution < 1.29 is 14.3 Å². The smallest absolute Gasteiger partial charge is 0.238 e. The highest BCUT2D eigenvalue weighted by atomic mass is 35.5. The van der Waals surface area contributed by atoms with Crippen molar-refractivity contribution in [3.63, 3.8) is 0 Å². The Morgan fingerprint density at radius 1 is 1.23 bits per heavy atom. The topological polar surface area (TPSA) is 92.1 Å². The first-order valence-electron chi connectivity index (χ1n) is 9.83. The van der Waals surface area contributed by atoms with Gasteiger partial charge in [0.2, 0.25) is 11.8 Å². The number of nitrogens with one attached hydrogen (secondary N) is 2. The molecule has 2 N–H and O–H groups in total. The Balaban J connectivity index is 1.63. The molecular weight excluding hydrogens is 436 g/mol. The fourth-order valence-corrected chi connectivity index (χ4v) is 3.74. The summed E-state index contributed by atoms with van der Waals surface area (Å²) in [6.45, 7) is 4.48. The van der Waals surface area contributed by atoms with Gasteiger partial charge in [-0.2, -0.15) is 5.10 Å². The van der Waals surface area contributed by atoms with Gasteiger partial charge in [-0.15, -0.1) is 5.10 Å². The summed E-state index contributed by atoms with van der Waals surface area (Å²) < 4.78 is 5.54. The van der Waals surface area contributed by atoms with Crippen LogP contribution in [0.3, 0.4) is 0 Å². The van der Waals surface area contributed by atoms with E-state index < -0.39 is 5.25 Å². The van der Waals surface area contributed by atoms with Gasteiger partial charge in [0.1, 0.15) is 11.0 Å². The predicted molar refractivity (Wildman–Crippen MR) is 126 cm³/mol. The molecule has 31 heavy (non-hydrogen) atoms. The Kier molecular flexibility index (Phi) is 8.08. The minimum absolute atomic E-state index is 0.0626. The molecule has 0 aromatic heterocycles. The Labute approximate surface area is 190 Å². The first kappa shape index (κ1) is 22.8.